The number of fused-ring (bicyclic) bond motifs is 1. The summed E-state index contributed by atoms with van der Waals surface area (Å²) in [4.78, 5) is 46.6. The smallest absolute Gasteiger partial charge is 0.411 e. The van der Waals surface area contributed by atoms with Crippen LogP contribution in [0.4, 0.5) is 21.9 Å². The monoisotopic (exact) mass is 721 g/mol. The molecule has 1 heterocycles. The van der Waals surface area contributed by atoms with E-state index < -0.39 is 29.6 Å². The molecular formula is C44H43N5O5. The Bertz CT molecular complexity index is 2130. The third-order valence-corrected chi connectivity index (χ3v) is 9.31. The number of benzene rings is 5. The third kappa shape index (κ3) is 7.94. The molecule has 0 saturated carbocycles. The van der Waals surface area contributed by atoms with Crippen LogP contribution >= 0.6 is 0 Å². The van der Waals surface area contributed by atoms with E-state index in [1.165, 1.54) is 7.11 Å². The minimum Gasteiger partial charge on any atom is -0.468 e. The first-order chi connectivity index (χ1) is 26.2. The van der Waals surface area contributed by atoms with Gasteiger partial charge in [-0.1, -0.05) is 103 Å². The van der Waals surface area contributed by atoms with E-state index in [-0.39, 0.29) is 18.6 Å². The number of rotatable bonds is 13. The zero-order chi connectivity index (χ0) is 38.1. The van der Waals surface area contributed by atoms with Crippen LogP contribution in [0.15, 0.2) is 140 Å². The van der Waals surface area contributed by atoms with E-state index in [1.807, 2.05) is 91.8 Å². The Morgan fingerprint density at radius 1 is 0.741 bits per heavy atom. The topological polar surface area (TPSA) is 122 Å². The molecule has 10 nitrogen and oxygen atoms in total. The highest BCUT2D eigenvalue weighted by atomic mass is 16.5. The minimum absolute atomic E-state index is 0.186. The summed E-state index contributed by atoms with van der Waals surface area (Å²) in [5.74, 6) is -0.878. The van der Waals surface area contributed by atoms with E-state index in [1.54, 1.807) is 37.4 Å². The highest BCUT2D eigenvalue weighted by Gasteiger charge is 2.40. The van der Waals surface area contributed by atoms with Crippen molar-refractivity contribution in [3.05, 3.63) is 167 Å². The van der Waals surface area contributed by atoms with Crippen molar-refractivity contribution in [1.29, 1.82) is 0 Å². The third-order valence-electron chi connectivity index (χ3n) is 9.31. The van der Waals surface area contributed by atoms with Crippen LogP contribution in [0.1, 0.15) is 39.5 Å². The van der Waals surface area contributed by atoms with Gasteiger partial charge < -0.3 is 19.7 Å². The summed E-state index contributed by atoms with van der Waals surface area (Å²) in [5.41, 5.74) is 5.08. The minimum atomic E-state index is -0.930. The van der Waals surface area contributed by atoms with Gasteiger partial charge in [-0.3, -0.25) is 25.2 Å². The second-order valence-electron chi connectivity index (χ2n) is 12.9. The van der Waals surface area contributed by atoms with Crippen LogP contribution in [-0.4, -0.2) is 56.8 Å². The number of methoxy groups -OCH3 is 1. The summed E-state index contributed by atoms with van der Waals surface area (Å²) in [6.45, 7) is 1.89. The molecule has 0 aliphatic heterocycles. The molecule has 3 N–H and O–H groups in total. The number of hydrogen-bond acceptors (Lipinski definition) is 8. The normalized spacial score (nSPS) is 11.7. The van der Waals surface area contributed by atoms with Crippen molar-refractivity contribution < 1.29 is 23.9 Å². The molecule has 54 heavy (non-hydrogen) atoms. The summed E-state index contributed by atoms with van der Waals surface area (Å²) in [5, 5.41) is 10.2. The summed E-state index contributed by atoms with van der Waals surface area (Å²) >= 11 is 0. The van der Waals surface area contributed by atoms with Crippen LogP contribution in [0.5, 0.6) is 0 Å². The van der Waals surface area contributed by atoms with Gasteiger partial charge in [-0.05, 0) is 65.9 Å². The Kier molecular flexibility index (Phi) is 11.6. The fourth-order valence-electron chi connectivity index (χ4n) is 6.72. The van der Waals surface area contributed by atoms with E-state index in [9.17, 15) is 14.4 Å². The van der Waals surface area contributed by atoms with Crippen molar-refractivity contribution >= 4 is 45.9 Å². The number of nitrogens with zero attached hydrogens (tertiary/aromatic N) is 2. The van der Waals surface area contributed by atoms with Gasteiger partial charge in [-0.25, -0.2) is 4.79 Å². The Labute approximate surface area is 315 Å². The van der Waals surface area contributed by atoms with E-state index in [4.69, 9.17) is 9.47 Å². The zero-order valence-electron chi connectivity index (χ0n) is 30.7. The Morgan fingerprint density at radius 2 is 1.33 bits per heavy atom. The standard InChI is InChI=1S/C44H43N5O5/c1-5-54-43(52)47-37-26-24-34(49(2)3)29-36(37)41(50)46-38-25-23-30(35-22-15-27-45-40(35)38)28-39(42(51)53-4)48-44(31-16-9-6-10-17-31,32-18-11-7-12-19-32)33-20-13-8-14-21-33/h6-27,29,39,48H,5,28H2,1-4H3,(H,46,50)(H,47,52)/t39-/m0/s1. The lowest BCUT2D eigenvalue weighted by Crippen LogP contribution is -2.53. The number of anilines is 3. The predicted octanol–water partition coefficient (Wildman–Crippen LogP) is 7.79. The second-order valence-corrected chi connectivity index (χ2v) is 12.9. The van der Waals surface area contributed by atoms with Gasteiger partial charge in [0, 0.05) is 31.4 Å². The molecule has 0 spiro atoms. The molecule has 10 heteroatoms. The van der Waals surface area contributed by atoms with Crippen LogP contribution in [-0.2, 0) is 26.2 Å². The molecule has 0 fully saturated rings. The van der Waals surface area contributed by atoms with E-state index in [2.05, 4.69) is 57.3 Å². The zero-order valence-corrected chi connectivity index (χ0v) is 30.7. The average Bonchev–Trinajstić information content (AvgIpc) is 3.21. The molecular weight excluding hydrogens is 679 g/mol. The Morgan fingerprint density at radius 3 is 1.89 bits per heavy atom. The average molecular weight is 722 g/mol. The van der Waals surface area contributed by atoms with Crippen molar-refractivity contribution in [2.75, 3.05) is 43.3 Å². The number of ether oxygens (including phenoxy) is 2. The lowest BCUT2D eigenvalue weighted by Gasteiger charge is -2.39. The number of amides is 2. The van der Waals surface area contributed by atoms with E-state index in [0.29, 0.717) is 16.9 Å². The summed E-state index contributed by atoms with van der Waals surface area (Å²) < 4.78 is 10.5. The quantitative estimate of drug-likeness (QED) is 0.0817. The number of aromatic nitrogens is 1. The number of hydrogen-bond donors (Lipinski definition) is 3. The maximum Gasteiger partial charge on any atom is 0.411 e. The van der Waals surface area contributed by atoms with Gasteiger partial charge in [0.1, 0.15) is 6.04 Å². The van der Waals surface area contributed by atoms with Gasteiger partial charge in [0.05, 0.1) is 41.7 Å². The van der Waals surface area contributed by atoms with Crippen LogP contribution < -0.4 is 20.9 Å². The van der Waals surface area contributed by atoms with Crippen molar-refractivity contribution in [3.8, 4) is 0 Å². The van der Waals surface area contributed by atoms with Crippen molar-refractivity contribution in [3.63, 3.8) is 0 Å². The van der Waals surface area contributed by atoms with Gasteiger partial charge in [-0.2, -0.15) is 0 Å². The first-order valence-corrected chi connectivity index (χ1v) is 17.7. The molecule has 274 valence electrons. The van der Waals surface area contributed by atoms with E-state index >= 15 is 0 Å². The molecule has 5 aromatic carbocycles. The lowest BCUT2D eigenvalue weighted by atomic mass is 9.76. The van der Waals surface area contributed by atoms with Gasteiger partial charge in [0.15, 0.2) is 0 Å². The number of nitrogens with one attached hydrogen (secondary N) is 3. The van der Waals surface area contributed by atoms with Crippen LogP contribution in [0.25, 0.3) is 10.9 Å². The van der Waals surface area contributed by atoms with Crippen LogP contribution in [0.2, 0.25) is 0 Å². The molecule has 1 atom stereocenters. The number of esters is 1. The Balaban J connectivity index is 1.39. The van der Waals surface area contributed by atoms with Crippen molar-refractivity contribution in [2.45, 2.75) is 24.9 Å². The molecule has 6 rings (SSSR count). The fraction of sp³-hybridized carbons (Fsp3) is 0.182. The van der Waals surface area contributed by atoms with Crippen LogP contribution in [0, 0.1) is 0 Å². The molecule has 0 unspecified atom stereocenters. The lowest BCUT2D eigenvalue weighted by molar-refractivity contribution is -0.143. The molecule has 1 aromatic heterocycles. The van der Waals surface area contributed by atoms with Gasteiger partial charge in [0.2, 0.25) is 0 Å². The first kappa shape index (κ1) is 37.2. The second kappa shape index (κ2) is 16.9. The van der Waals surface area contributed by atoms with Crippen molar-refractivity contribution in [2.24, 2.45) is 0 Å². The summed E-state index contributed by atoms with van der Waals surface area (Å²) in [6.07, 6.45) is 1.24. The van der Waals surface area contributed by atoms with Gasteiger partial charge >= 0.3 is 12.1 Å². The van der Waals surface area contributed by atoms with E-state index in [0.717, 1.165) is 33.3 Å². The first-order valence-electron chi connectivity index (χ1n) is 17.7. The fourth-order valence-corrected chi connectivity index (χ4v) is 6.72. The molecule has 0 radical (unpaired) electrons. The predicted molar refractivity (Wildman–Crippen MR) is 213 cm³/mol. The van der Waals surface area contributed by atoms with Crippen LogP contribution in [0.3, 0.4) is 0 Å². The molecule has 0 aliphatic rings. The van der Waals surface area contributed by atoms with Gasteiger partial charge in [-0.15, -0.1) is 0 Å². The van der Waals surface area contributed by atoms with Gasteiger partial charge in [0.25, 0.3) is 5.91 Å². The number of pyridine rings is 1. The highest BCUT2D eigenvalue weighted by Crippen LogP contribution is 2.38. The molecule has 0 saturated heterocycles. The number of carbonyl (C=O) groups excluding carboxylic acids is 3. The molecule has 2 amide bonds. The Hall–Kier alpha value is -6.52. The molecule has 6 aromatic rings. The maximum absolute atomic E-state index is 13.9. The maximum atomic E-state index is 13.9. The SMILES string of the molecule is CCOC(=O)Nc1ccc(N(C)C)cc1C(=O)Nc1ccc(C[C@H](NC(c2ccccc2)(c2ccccc2)c2ccccc2)C(=O)OC)c2cccnc12. The largest absolute Gasteiger partial charge is 0.468 e. The molecule has 0 aliphatic carbocycles. The summed E-state index contributed by atoms with van der Waals surface area (Å²) in [6, 6.07) is 41.9. The molecule has 0 bridgehead atoms. The summed E-state index contributed by atoms with van der Waals surface area (Å²) in [7, 11) is 5.12. The van der Waals surface area contributed by atoms with Crippen molar-refractivity contribution in [1.82, 2.24) is 10.3 Å². The number of carbonyl (C=O) groups is 3. The highest BCUT2D eigenvalue weighted by molar-refractivity contribution is 6.13.